The summed E-state index contributed by atoms with van der Waals surface area (Å²) in [6.07, 6.45) is 0.559. The molecular weight excluding hydrogens is 214 g/mol. The number of carbonyl (C=O) groups is 1. The first-order valence-electron chi connectivity index (χ1n) is 5.93. The van der Waals surface area contributed by atoms with Crippen LogP contribution in [0.2, 0.25) is 0 Å². The van der Waals surface area contributed by atoms with Crippen LogP contribution in [0.4, 0.5) is 5.69 Å². The van der Waals surface area contributed by atoms with Crippen LogP contribution in [0.25, 0.3) is 0 Å². The number of ketones is 1. The molecule has 17 heavy (non-hydrogen) atoms. The van der Waals surface area contributed by atoms with E-state index in [1.54, 1.807) is 14.0 Å². The van der Waals surface area contributed by atoms with Crippen LogP contribution in [-0.2, 0) is 4.79 Å². The van der Waals surface area contributed by atoms with Gasteiger partial charge in [0.15, 0.2) is 0 Å². The van der Waals surface area contributed by atoms with Gasteiger partial charge < -0.3 is 10.1 Å². The van der Waals surface area contributed by atoms with Crippen molar-refractivity contribution in [2.75, 3.05) is 12.4 Å². The van der Waals surface area contributed by atoms with Gasteiger partial charge in [-0.15, -0.1) is 0 Å². The number of methoxy groups -OCH3 is 1. The predicted molar refractivity (Wildman–Crippen MR) is 70.5 cm³/mol. The first-order valence-corrected chi connectivity index (χ1v) is 5.93. The number of nitrogens with one attached hydrogen (secondary N) is 1. The molecule has 0 heterocycles. The monoisotopic (exact) mass is 235 g/mol. The maximum absolute atomic E-state index is 11.2. The largest absolute Gasteiger partial charge is 0.497 e. The minimum absolute atomic E-state index is 0.181. The van der Waals surface area contributed by atoms with Gasteiger partial charge in [0, 0.05) is 18.2 Å². The Balaban J connectivity index is 2.68. The van der Waals surface area contributed by atoms with Gasteiger partial charge in [-0.05, 0) is 37.1 Å². The zero-order valence-corrected chi connectivity index (χ0v) is 11.0. The van der Waals surface area contributed by atoms with Gasteiger partial charge in [-0.25, -0.2) is 0 Å². The van der Waals surface area contributed by atoms with Gasteiger partial charge in [-0.1, -0.05) is 13.8 Å². The van der Waals surface area contributed by atoms with Crippen molar-refractivity contribution in [1.29, 1.82) is 0 Å². The molecule has 1 N–H and O–H groups in total. The highest BCUT2D eigenvalue weighted by Crippen LogP contribution is 2.19. The van der Waals surface area contributed by atoms with Crippen molar-refractivity contribution in [3.63, 3.8) is 0 Å². The fraction of sp³-hybridized carbons (Fsp3) is 0.500. The van der Waals surface area contributed by atoms with Gasteiger partial charge in [-0.3, -0.25) is 4.79 Å². The highest BCUT2D eigenvalue weighted by molar-refractivity contribution is 5.76. The quantitative estimate of drug-likeness (QED) is 0.823. The number of rotatable bonds is 6. The molecule has 0 bridgehead atoms. The van der Waals surface area contributed by atoms with Gasteiger partial charge >= 0.3 is 0 Å². The Labute approximate surface area is 103 Å². The van der Waals surface area contributed by atoms with Gasteiger partial charge in [0.2, 0.25) is 0 Å². The first kappa shape index (κ1) is 13.6. The Bertz CT molecular complexity index is 357. The summed E-state index contributed by atoms with van der Waals surface area (Å²) in [4.78, 5) is 11.2. The topological polar surface area (TPSA) is 38.3 Å². The normalized spacial score (nSPS) is 12.3. The molecule has 0 spiro atoms. The van der Waals surface area contributed by atoms with Crippen LogP contribution in [0.1, 0.15) is 27.2 Å². The molecule has 0 amide bonds. The van der Waals surface area contributed by atoms with E-state index in [4.69, 9.17) is 4.74 Å². The molecule has 3 nitrogen and oxygen atoms in total. The molecule has 0 unspecified atom stereocenters. The van der Waals surface area contributed by atoms with Crippen molar-refractivity contribution in [2.45, 2.75) is 33.2 Å². The molecule has 94 valence electrons. The van der Waals surface area contributed by atoms with E-state index in [-0.39, 0.29) is 11.8 Å². The lowest BCUT2D eigenvalue weighted by Gasteiger charge is -2.22. The van der Waals surface area contributed by atoms with Gasteiger partial charge in [-0.2, -0.15) is 0 Å². The number of benzene rings is 1. The van der Waals surface area contributed by atoms with E-state index in [1.807, 2.05) is 24.3 Å². The molecule has 0 fully saturated rings. The average molecular weight is 235 g/mol. The summed E-state index contributed by atoms with van der Waals surface area (Å²) in [6, 6.07) is 7.94. The molecule has 1 aromatic rings. The van der Waals surface area contributed by atoms with Crippen molar-refractivity contribution in [3.8, 4) is 5.75 Å². The van der Waals surface area contributed by atoms with Gasteiger partial charge in [0.25, 0.3) is 0 Å². The number of hydrogen-bond acceptors (Lipinski definition) is 3. The summed E-state index contributed by atoms with van der Waals surface area (Å²) in [5.74, 6) is 1.47. The molecule has 0 saturated heterocycles. The van der Waals surface area contributed by atoms with E-state index in [0.29, 0.717) is 12.3 Å². The van der Waals surface area contributed by atoms with Crippen molar-refractivity contribution in [3.05, 3.63) is 24.3 Å². The van der Waals surface area contributed by atoms with Gasteiger partial charge in [0.1, 0.15) is 11.5 Å². The summed E-state index contributed by atoms with van der Waals surface area (Å²) in [6.45, 7) is 5.86. The molecule has 0 radical (unpaired) electrons. The standard InChI is InChI=1S/C14H21NO2/c1-10(2)14(9-11(3)16)15-12-5-7-13(17-4)8-6-12/h5-8,10,14-15H,9H2,1-4H3/t14-/m0/s1. The van der Waals surface area contributed by atoms with Crippen LogP contribution in [0.3, 0.4) is 0 Å². The highest BCUT2D eigenvalue weighted by Gasteiger charge is 2.15. The third kappa shape index (κ3) is 4.47. The lowest BCUT2D eigenvalue weighted by atomic mass is 9.99. The maximum atomic E-state index is 11.2. The van der Waals surface area contributed by atoms with Crippen LogP contribution >= 0.6 is 0 Å². The minimum atomic E-state index is 0.181. The van der Waals surface area contributed by atoms with Crippen LogP contribution in [-0.4, -0.2) is 18.9 Å². The zero-order chi connectivity index (χ0) is 12.8. The van der Waals surface area contributed by atoms with E-state index >= 15 is 0 Å². The molecule has 0 aliphatic heterocycles. The number of carbonyl (C=O) groups excluding carboxylic acids is 1. The van der Waals surface area contributed by atoms with E-state index in [0.717, 1.165) is 11.4 Å². The second-order valence-corrected chi connectivity index (χ2v) is 4.63. The molecule has 1 atom stereocenters. The summed E-state index contributed by atoms with van der Waals surface area (Å²) >= 11 is 0. The molecule has 0 aliphatic rings. The molecule has 0 aliphatic carbocycles. The lowest BCUT2D eigenvalue weighted by molar-refractivity contribution is -0.117. The van der Waals surface area contributed by atoms with E-state index in [1.165, 1.54) is 0 Å². The van der Waals surface area contributed by atoms with Crippen LogP contribution in [0.5, 0.6) is 5.75 Å². The minimum Gasteiger partial charge on any atom is -0.497 e. The zero-order valence-electron chi connectivity index (χ0n) is 11.0. The van der Waals surface area contributed by atoms with Crippen molar-refractivity contribution >= 4 is 11.5 Å². The number of anilines is 1. The summed E-state index contributed by atoms with van der Waals surface area (Å²) in [7, 11) is 1.65. The first-order chi connectivity index (χ1) is 8.02. The second-order valence-electron chi connectivity index (χ2n) is 4.63. The van der Waals surface area contributed by atoms with Crippen molar-refractivity contribution < 1.29 is 9.53 Å². The van der Waals surface area contributed by atoms with E-state index in [9.17, 15) is 4.79 Å². The summed E-state index contributed by atoms with van der Waals surface area (Å²) < 4.78 is 5.10. The SMILES string of the molecule is COc1ccc(N[C@@H](CC(C)=O)C(C)C)cc1. The molecule has 3 heteroatoms. The number of ether oxygens (including phenoxy) is 1. The second kappa shape index (κ2) is 6.28. The smallest absolute Gasteiger partial charge is 0.131 e. The maximum Gasteiger partial charge on any atom is 0.131 e. The summed E-state index contributed by atoms with van der Waals surface area (Å²) in [5, 5.41) is 3.38. The average Bonchev–Trinajstić information content (AvgIpc) is 2.28. The Kier molecular flexibility index (Phi) is 5.01. The molecule has 0 saturated carbocycles. The van der Waals surface area contributed by atoms with Crippen LogP contribution in [0.15, 0.2) is 24.3 Å². The van der Waals surface area contributed by atoms with Crippen molar-refractivity contribution in [1.82, 2.24) is 0 Å². The number of Topliss-reactive ketones (excluding diaryl/α,β-unsaturated/α-hetero) is 1. The van der Waals surface area contributed by atoms with E-state index in [2.05, 4.69) is 19.2 Å². The Morgan fingerprint density at radius 2 is 1.88 bits per heavy atom. The molecule has 1 aromatic carbocycles. The number of hydrogen-bond donors (Lipinski definition) is 1. The van der Waals surface area contributed by atoms with E-state index < -0.39 is 0 Å². The van der Waals surface area contributed by atoms with Crippen LogP contribution < -0.4 is 10.1 Å². The Morgan fingerprint density at radius 3 is 2.29 bits per heavy atom. The lowest BCUT2D eigenvalue weighted by Crippen LogP contribution is -2.27. The molecule has 1 rings (SSSR count). The highest BCUT2D eigenvalue weighted by atomic mass is 16.5. The molecule has 0 aromatic heterocycles. The van der Waals surface area contributed by atoms with Crippen molar-refractivity contribution in [2.24, 2.45) is 5.92 Å². The Morgan fingerprint density at radius 1 is 1.29 bits per heavy atom. The fourth-order valence-corrected chi connectivity index (χ4v) is 1.66. The summed E-state index contributed by atoms with van der Waals surface area (Å²) in [5.41, 5.74) is 1.02. The fourth-order valence-electron chi connectivity index (χ4n) is 1.66. The van der Waals surface area contributed by atoms with Crippen LogP contribution in [0, 0.1) is 5.92 Å². The van der Waals surface area contributed by atoms with Gasteiger partial charge in [0.05, 0.1) is 7.11 Å². The third-order valence-electron chi connectivity index (χ3n) is 2.75. The molecular formula is C14H21NO2. The Hall–Kier alpha value is -1.51. The predicted octanol–water partition coefficient (Wildman–Crippen LogP) is 3.11. The third-order valence-corrected chi connectivity index (χ3v) is 2.75.